The van der Waals surface area contributed by atoms with Crippen molar-refractivity contribution in [1.29, 1.82) is 0 Å². The van der Waals surface area contributed by atoms with Crippen molar-refractivity contribution in [1.82, 2.24) is 9.80 Å². The molecular weight excluding hydrogens is 504 g/mol. The van der Waals surface area contributed by atoms with Gasteiger partial charge in [0, 0.05) is 23.1 Å². The SMILES string of the molecule is Cc1cccc(COc2ccc(Br)cc2/C=C2\SC(=O)N(CC(=O)N3CCCCC3)C2=O)c1. The van der Waals surface area contributed by atoms with Crippen LogP contribution in [0.4, 0.5) is 4.79 Å². The largest absolute Gasteiger partial charge is 0.488 e. The number of hydrogen-bond donors (Lipinski definition) is 0. The quantitative estimate of drug-likeness (QED) is 0.470. The number of carbonyl (C=O) groups is 3. The van der Waals surface area contributed by atoms with E-state index in [-0.39, 0.29) is 17.4 Å². The van der Waals surface area contributed by atoms with Gasteiger partial charge in [-0.2, -0.15) is 0 Å². The summed E-state index contributed by atoms with van der Waals surface area (Å²) in [6.07, 6.45) is 4.69. The summed E-state index contributed by atoms with van der Waals surface area (Å²) in [6, 6.07) is 13.6. The van der Waals surface area contributed by atoms with Crippen molar-refractivity contribution < 1.29 is 19.1 Å². The van der Waals surface area contributed by atoms with Crippen LogP contribution < -0.4 is 4.74 Å². The molecule has 0 atom stereocenters. The van der Waals surface area contributed by atoms with E-state index in [1.54, 1.807) is 11.0 Å². The molecule has 0 N–H and O–H groups in total. The Morgan fingerprint density at radius 3 is 2.67 bits per heavy atom. The first kappa shape index (κ1) is 23.6. The zero-order chi connectivity index (χ0) is 23.4. The maximum Gasteiger partial charge on any atom is 0.294 e. The monoisotopic (exact) mass is 528 g/mol. The number of nitrogens with zero attached hydrogens (tertiary/aromatic N) is 2. The highest BCUT2D eigenvalue weighted by molar-refractivity contribution is 9.10. The van der Waals surface area contributed by atoms with Gasteiger partial charge in [0.05, 0.1) is 4.91 Å². The molecule has 6 nitrogen and oxygen atoms in total. The second-order valence-corrected chi connectivity index (χ2v) is 10.1. The van der Waals surface area contributed by atoms with Gasteiger partial charge >= 0.3 is 0 Å². The first-order valence-corrected chi connectivity index (χ1v) is 12.5. The number of hydrogen-bond acceptors (Lipinski definition) is 5. The van der Waals surface area contributed by atoms with E-state index in [1.165, 1.54) is 0 Å². The molecule has 2 fully saturated rings. The van der Waals surface area contributed by atoms with E-state index in [4.69, 9.17) is 4.74 Å². The molecule has 0 bridgehead atoms. The molecule has 0 aliphatic carbocycles. The summed E-state index contributed by atoms with van der Waals surface area (Å²) in [5, 5.41) is -0.422. The molecule has 2 aromatic carbocycles. The average molecular weight is 529 g/mol. The number of thioether (sulfide) groups is 1. The zero-order valence-corrected chi connectivity index (χ0v) is 20.8. The third-order valence-corrected chi connectivity index (χ3v) is 7.01. The molecule has 8 heteroatoms. The van der Waals surface area contributed by atoms with Crippen LogP contribution in [-0.2, 0) is 16.2 Å². The van der Waals surface area contributed by atoms with E-state index in [1.807, 2.05) is 43.3 Å². The molecule has 0 aromatic heterocycles. The predicted octanol–water partition coefficient (Wildman–Crippen LogP) is 5.39. The Hall–Kier alpha value is -2.58. The Morgan fingerprint density at radius 1 is 1.12 bits per heavy atom. The Morgan fingerprint density at radius 2 is 1.91 bits per heavy atom. The second kappa shape index (κ2) is 10.6. The molecule has 3 amide bonds. The maximum absolute atomic E-state index is 12.9. The Bertz CT molecular complexity index is 1110. The van der Waals surface area contributed by atoms with Gasteiger partial charge in [-0.25, -0.2) is 0 Å². The molecule has 0 saturated carbocycles. The molecule has 0 spiro atoms. The number of piperidine rings is 1. The number of benzene rings is 2. The van der Waals surface area contributed by atoms with E-state index in [9.17, 15) is 14.4 Å². The lowest BCUT2D eigenvalue weighted by Crippen LogP contribution is -2.44. The first-order chi connectivity index (χ1) is 15.9. The molecule has 172 valence electrons. The summed E-state index contributed by atoms with van der Waals surface area (Å²) in [6.45, 7) is 3.57. The summed E-state index contributed by atoms with van der Waals surface area (Å²) in [4.78, 5) is 41.1. The van der Waals surface area contributed by atoms with Crippen molar-refractivity contribution in [2.75, 3.05) is 19.6 Å². The van der Waals surface area contributed by atoms with E-state index in [2.05, 4.69) is 22.0 Å². The van der Waals surface area contributed by atoms with Gasteiger partial charge < -0.3 is 9.64 Å². The zero-order valence-electron chi connectivity index (χ0n) is 18.4. The van der Waals surface area contributed by atoms with Gasteiger partial charge in [0.1, 0.15) is 18.9 Å². The normalized spacial score (nSPS) is 17.7. The number of amides is 3. The highest BCUT2D eigenvalue weighted by Gasteiger charge is 2.37. The predicted molar refractivity (Wildman–Crippen MR) is 133 cm³/mol. The van der Waals surface area contributed by atoms with Crippen LogP contribution >= 0.6 is 27.7 Å². The number of halogens is 1. The van der Waals surface area contributed by atoms with Gasteiger partial charge in [0.25, 0.3) is 11.1 Å². The van der Waals surface area contributed by atoms with Crippen molar-refractivity contribution in [2.45, 2.75) is 32.8 Å². The van der Waals surface area contributed by atoms with Crippen molar-refractivity contribution in [3.63, 3.8) is 0 Å². The molecule has 2 heterocycles. The van der Waals surface area contributed by atoms with Crippen LogP contribution in [0.15, 0.2) is 51.8 Å². The number of aryl methyl sites for hydroxylation is 1. The van der Waals surface area contributed by atoms with Crippen molar-refractivity contribution in [2.24, 2.45) is 0 Å². The van der Waals surface area contributed by atoms with Crippen molar-refractivity contribution in [3.8, 4) is 5.75 Å². The lowest BCUT2D eigenvalue weighted by molar-refractivity contribution is -0.136. The third-order valence-electron chi connectivity index (χ3n) is 5.61. The molecule has 0 unspecified atom stereocenters. The molecule has 4 rings (SSSR count). The van der Waals surface area contributed by atoms with Crippen LogP contribution in [0.2, 0.25) is 0 Å². The van der Waals surface area contributed by atoms with E-state index < -0.39 is 11.1 Å². The smallest absolute Gasteiger partial charge is 0.294 e. The lowest BCUT2D eigenvalue weighted by atomic mass is 10.1. The van der Waals surface area contributed by atoms with Crippen LogP contribution in [0.3, 0.4) is 0 Å². The fourth-order valence-corrected chi connectivity index (χ4v) is 5.09. The van der Waals surface area contributed by atoms with Gasteiger partial charge in [-0.1, -0.05) is 45.8 Å². The average Bonchev–Trinajstić information content (AvgIpc) is 3.06. The number of carbonyl (C=O) groups excluding carboxylic acids is 3. The van der Waals surface area contributed by atoms with Crippen LogP contribution in [0.25, 0.3) is 6.08 Å². The van der Waals surface area contributed by atoms with E-state index in [0.717, 1.165) is 51.5 Å². The van der Waals surface area contributed by atoms with E-state index in [0.29, 0.717) is 31.0 Å². The minimum Gasteiger partial charge on any atom is -0.488 e. The lowest BCUT2D eigenvalue weighted by Gasteiger charge is -2.27. The molecule has 33 heavy (non-hydrogen) atoms. The molecule has 2 saturated heterocycles. The van der Waals surface area contributed by atoms with Gasteiger partial charge in [-0.15, -0.1) is 0 Å². The fraction of sp³-hybridized carbons (Fsp3) is 0.320. The maximum atomic E-state index is 12.9. The molecule has 0 radical (unpaired) electrons. The highest BCUT2D eigenvalue weighted by atomic mass is 79.9. The van der Waals surface area contributed by atoms with Crippen LogP contribution in [0.5, 0.6) is 5.75 Å². The van der Waals surface area contributed by atoms with Crippen molar-refractivity contribution in [3.05, 3.63) is 68.5 Å². The number of imide groups is 1. The summed E-state index contributed by atoms with van der Waals surface area (Å²) in [7, 11) is 0. The third kappa shape index (κ3) is 5.86. The molecule has 2 aliphatic heterocycles. The number of likely N-dealkylation sites (tertiary alicyclic amines) is 1. The topological polar surface area (TPSA) is 66.9 Å². The molecular formula is C25H25BrN2O4S. The summed E-state index contributed by atoms with van der Waals surface area (Å²) < 4.78 is 6.86. The van der Waals surface area contributed by atoms with Gasteiger partial charge in [0.2, 0.25) is 5.91 Å². The summed E-state index contributed by atoms with van der Waals surface area (Å²) in [5.41, 5.74) is 2.88. The number of ether oxygens (including phenoxy) is 1. The second-order valence-electron chi connectivity index (χ2n) is 8.17. The first-order valence-electron chi connectivity index (χ1n) is 10.9. The number of rotatable bonds is 6. The Labute approximate surface area is 206 Å². The minimum atomic E-state index is -0.444. The van der Waals surface area contributed by atoms with E-state index >= 15 is 0 Å². The van der Waals surface area contributed by atoms with Gasteiger partial charge in [0.15, 0.2) is 0 Å². The van der Waals surface area contributed by atoms with Crippen LogP contribution in [0, 0.1) is 6.92 Å². The van der Waals surface area contributed by atoms with Crippen LogP contribution in [-0.4, -0.2) is 46.5 Å². The van der Waals surface area contributed by atoms with Gasteiger partial charge in [-0.3, -0.25) is 19.3 Å². The summed E-state index contributed by atoms with van der Waals surface area (Å²) >= 11 is 4.32. The fourth-order valence-electron chi connectivity index (χ4n) is 3.88. The van der Waals surface area contributed by atoms with Gasteiger partial charge in [-0.05, 0) is 67.8 Å². The standard InChI is InChI=1S/C25H25BrN2O4S/c1-17-6-5-7-18(12-17)16-32-21-9-8-20(26)13-19(21)14-22-24(30)28(25(31)33-22)15-23(29)27-10-3-2-4-11-27/h5-9,12-14H,2-4,10-11,15-16H2,1H3/b22-14-. The van der Waals surface area contributed by atoms with Crippen LogP contribution in [0.1, 0.15) is 36.0 Å². The highest BCUT2D eigenvalue weighted by Crippen LogP contribution is 2.35. The van der Waals surface area contributed by atoms with Crippen molar-refractivity contribution >= 4 is 50.8 Å². The minimum absolute atomic E-state index is 0.178. The summed E-state index contributed by atoms with van der Waals surface area (Å²) in [5.74, 6) is -0.0150. The molecule has 2 aliphatic rings. The Kier molecular flexibility index (Phi) is 7.55. The molecule has 2 aromatic rings. The Balaban J connectivity index is 1.49.